The summed E-state index contributed by atoms with van der Waals surface area (Å²) < 4.78 is 4.71. The number of rotatable bonds is 8. The Morgan fingerprint density at radius 2 is 0.960 bits per heavy atom. The van der Waals surface area contributed by atoms with Crippen LogP contribution in [0.25, 0.3) is 54.8 Å². The van der Waals surface area contributed by atoms with Gasteiger partial charge in [0, 0.05) is 57.2 Å². The summed E-state index contributed by atoms with van der Waals surface area (Å²) in [6, 6.07) is 99.7. The zero-order chi connectivity index (χ0) is 49.5. The molecule has 0 amide bonds. The molecular formula is C68H47N5Si2. The normalized spacial score (nSPS) is 13.1. The van der Waals surface area contributed by atoms with Gasteiger partial charge in [0.1, 0.15) is 11.5 Å². The molecule has 0 fully saturated rings. The summed E-state index contributed by atoms with van der Waals surface area (Å²) in [5, 5.41) is 16.5. The number of fused-ring (bicyclic) bond motifs is 12. The van der Waals surface area contributed by atoms with Crippen molar-refractivity contribution in [3.63, 3.8) is 0 Å². The predicted octanol–water partition coefficient (Wildman–Crippen LogP) is 10.7. The lowest BCUT2D eigenvalue weighted by atomic mass is 10.1. The van der Waals surface area contributed by atoms with Crippen molar-refractivity contribution in [2.45, 2.75) is 0 Å². The zero-order valence-corrected chi connectivity index (χ0v) is 42.9. The number of anilines is 3. The molecule has 0 unspecified atom stereocenters. The van der Waals surface area contributed by atoms with Gasteiger partial charge in [-0.15, -0.1) is 0 Å². The average Bonchev–Trinajstić information content (AvgIpc) is 4.13. The molecule has 0 bridgehead atoms. The Morgan fingerprint density at radius 3 is 1.67 bits per heavy atom. The third-order valence-corrected chi connectivity index (χ3v) is 25.6. The Balaban J connectivity index is 1.06. The highest BCUT2D eigenvalue weighted by Crippen LogP contribution is 2.42. The first-order chi connectivity index (χ1) is 37.2. The molecular weight excluding hydrogens is 943 g/mol. The molecule has 1 aliphatic rings. The molecule has 5 heterocycles. The van der Waals surface area contributed by atoms with Crippen LogP contribution in [0.5, 0.6) is 0 Å². The Hall–Kier alpha value is -9.41. The highest BCUT2D eigenvalue weighted by atomic mass is 28.3. The largest absolute Gasteiger partial charge is 0.309 e. The number of para-hydroxylation sites is 3. The van der Waals surface area contributed by atoms with Crippen LogP contribution in [0.2, 0.25) is 0 Å². The molecule has 0 aliphatic carbocycles. The van der Waals surface area contributed by atoms with E-state index in [1.54, 1.807) is 0 Å². The van der Waals surface area contributed by atoms with E-state index in [-0.39, 0.29) is 0 Å². The summed E-state index contributed by atoms with van der Waals surface area (Å²) in [5.74, 6) is 0.957. The molecule has 4 aromatic heterocycles. The predicted molar refractivity (Wildman–Crippen MR) is 318 cm³/mol. The average molecular weight is 990 g/mol. The van der Waals surface area contributed by atoms with Gasteiger partial charge in [-0.3, -0.25) is 9.30 Å². The molecule has 0 N–H and O–H groups in total. The molecule has 10 aromatic carbocycles. The van der Waals surface area contributed by atoms with Crippen LogP contribution in [0.4, 0.5) is 17.2 Å². The van der Waals surface area contributed by atoms with Crippen LogP contribution < -0.4 is 46.4 Å². The van der Waals surface area contributed by atoms with Gasteiger partial charge in [0.05, 0.1) is 16.6 Å². The molecule has 15 rings (SSSR count). The maximum atomic E-state index is 5.52. The molecule has 0 spiro atoms. The fourth-order valence-corrected chi connectivity index (χ4v) is 23.1. The monoisotopic (exact) mass is 989 g/mol. The van der Waals surface area contributed by atoms with E-state index in [0.29, 0.717) is 0 Å². The van der Waals surface area contributed by atoms with Crippen LogP contribution in [-0.4, -0.2) is 35.1 Å². The number of imidazole rings is 1. The van der Waals surface area contributed by atoms with Crippen LogP contribution in [-0.2, 0) is 0 Å². The van der Waals surface area contributed by atoms with Gasteiger partial charge in [-0.1, -0.05) is 212 Å². The second-order valence-corrected chi connectivity index (χ2v) is 27.2. The number of hydrogen-bond donors (Lipinski definition) is 0. The van der Waals surface area contributed by atoms with Crippen molar-refractivity contribution in [3.05, 3.63) is 286 Å². The molecule has 1 aliphatic heterocycles. The lowest BCUT2D eigenvalue weighted by Gasteiger charge is -2.45. The fraction of sp³-hybridized carbons (Fsp3) is 0. The van der Waals surface area contributed by atoms with E-state index in [2.05, 4.69) is 287 Å². The number of aromatic nitrogens is 4. The highest BCUT2D eigenvalue weighted by Gasteiger charge is 2.51. The molecule has 14 aromatic rings. The van der Waals surface area contributed by atoms with Gasteiger partial charge in [-0.25, -0.2) is 9.97 Å². The van der Waals surface area contributed by atoms with Crippen molar-refractivity contribution in [1.82, 2.24) is 18.9 Å². The molecule has 0 radical (unpaired) electrons. The summed E-state index contributed by atoms with van der Waals surface area (Å²) in [4.78, 5) is 13.1. The van der Waals surface area contributed by atoms with Gasteiger partial charge < -0.3 is 4.57 Å². The zero-order valence-electron chi connectivity index (χ0n) is 40.9. The van der Waals surface area contributed by atoms with Crippen LogP contribution in [0.3, 0.4) is 0 Å². The summed E-state index contributed by atoms with van der Waals surface area (Å²) in [5.41, 5.74) is 7.82. The van der Waals surface area contributed by atoms with Gasteiger partial charge in [0.2, 0.25) is 0 Å². The molecule has 352 valence electrons. The van der Waals surface area contributed by atoms with Gasteiger partial charge in [0.15, 0.2) is 16.1 Å². The van der Waals surface area contributed by atoms with Crippen LogP contribution >= 0.6 is 0 Å². The highest BCUT2D eigenvalue weighted by molar-refractivity contribution is 7.22. The van der Waals surface area contributed by atoms with Crippen molar-refractivity contribution in [2.24, 2.45) is 0 Å². The van der Waals surface area contributed by atoms with Crippen molar-refractivity contribution in [2.75, 3.05) is 4.90 Å². The first-order valence-electron chi connectivity index (χ1n) is 25.7. The van der Waals surface area contributed by atoms with Gasteiger partial charge >= 0.3 is 0 Å². The van der Waals surface area contributed by atoms with Crippen LogP contribution in [0.1, 0.15) is 0 Å². The van der Waals surface area contributed by atoms with Gasteiger partial charge in [0.25, 0.3) is 0 Å². The van der Waals surface area contributed by atoms with E-state index in [0.717, 1.165) is 39.4 Å². The molecule has 75 heavy (non-hydrogen) atoms. The number of pyridine rings is 2. The topological polar surface area (TPSA) is 38.4 Å². The minimum atomic E-state index is -3.21. The van der Waals surface area contributed by atoms with E-state index >= 15 is 0 Å². The van der Waals surface area contributed by atoms with Gasteiger partial charge in [-0.05, 0) is 101 Å². The lowest BCUT2D eigenvalue weighted by Crippen LogP contribution is -2.77. The minimum Gasteiger partial charge on any atom is -0.309 e. The number of benzene rings is 10. The summed E-state index contributed by atoms with van der Waals surface area (Å²) in [7, 11) is -6.36. The number of nitrogens with zero attached hydrogens (tertiary/aromatic N) is 5. The maximum absolute atomic E-state index is 5.52. The van der Waals surface area contributed by atoms with E-state index in [9.17, 15) is 0 Å². The summed E-state index contributed by atoms with van der Waals surface area (Å²) in [6.07, 6.45) is 6.01. The Bertz CT molecular complexity index is 4400. The standard InChI is InChI=1S/C68H47N5Si2/c1-6-22-48(23-7-1)72-61-37-19-17-35-58(61)65-62(72)41-42-63-66(65)75(52-29-12-4-13-30-52,53-31-14-5-15-32-53)64-38-21-43-69-68(64)73(63)49-24-20-33-54(46-49)74(50-25-8-2-9-26-50,51-27-10-3-11-28-51)55-39-40-56-57-34-16-18-36-60(57)71-45-44-70-67(71)59(56)47-55/h1-47H. The molecule has 0 saturated heterocycles. The van der Waals surface area contributed by atoms with Crippen molar-refractivity contribution < 1.29 is 0 Å². The van der Waals surface area contributed by atoms with Crippen molar-refractivity contribution in [1.29, 1.82) is 0 Å². The third kappa shape index (κ3) is 6.23. The van der Waals surface area contributed by atoms with Gasteiger partial charge in [-0.2, -0.15) is 0 Å². The maximum Gasteiger partial charge on any atom is 0.187 e. The second kappa shape index (κ2) is 17.1. The summed E-state index contributed by atoms with van der Waals surface area (Å²) in [6.45, 7) is 0. The van der Waals surface area contributed by atoms with Crippen LogP contribution in [0.15, 0.2) is 286 Å². The number of hydrogen-bond acceptors (Lipinski definition) is 3. The molecule has 7 heteroatoms. The van der Waals surface area contributed by atoms with Crippen molar-refractivity contribution >= 4 is 124 Å². The smallest absolute Gasteiger partial charge is 0.187 e. The first-order valence-corrected chi connectivity index (χ1v) is 29.7. The Morgan fingerprint density at radius 1 is 0.373 bits per heavy atom. The minimum absolute atomic E-state index is 0.957. The van der Waals surface area contributed by atoms with E-state index in [1.165, 1.54) is 74.1 Å². The SMILES string of the molecule is c1ccc(-n2c3ccccc3c3c4c(ccc32)N(c2cccc([Si](c3ccccc3)(c3ccccc3)c3ccc5c6ccccc6n6ccnc6c5c3)c2)c2ncccc2[Si]4(c2ccccc2)c2ccccc2)cc1. The first kappa shape index (κ1) is 43.2. The molecule has 0 saturated carbocycles. The lowest BCUT2D eigenvalue weighted by molar-refractivity contribution is 1.17. The van der Waals surface area contributed by atoms with E-state index < -0.39 is 16.1 Å². The van der Waals surface area contributed by atoms with Crippen LogP contribution in [0, 0.1) is 0 Å². The Labute approximate surface area is 436 Å². The summed E-state index contributed by atoms with van der Waals surface area (Å²) >= 11 is 0. The molecule has 0 atom stereocenters. The molecule has 5 nitrogen and oxygen atoms in total. The second-order valence-electron chi connectivity index (χ2n) is 19.7. The fourth-order valence-electron chi connectivity index (χ4n) is 13.1. The quantitative estimate of drug-likeness (QED) is 0.0865. The van der Waals surface area contributed by atoms with E-state index in [1.807, 2.05) is 12.4 Å². The third-order valence-electron chi connectivity index (χ3n) is 16.0. The van der Waals surface area contributed by atoms with Crippen molar-refractivity contribution in [3.8, 4) is 5.69 Å². The Kier molecular flexibility index (Phi) is 9.85. The van der Waals surface area contributed by atoms with E-state index in [4.69, 9.17) is 9.97 Å².